The summed E-state index contributed by atoms with van der Waals surface area (Å²) in [6, 6.07) is 5.53. The summed E-state index contributed by atoms with van der Waals surface area (Å²) in [5.41, 5.74) is 0.00203. The highest BCUT2D eigenvalue weighted by Crippen LogP contribution is 2.65. The molecule has 4 fully saturated rings. The zero-order valence-electron chi connectivity index (χ0n) is 19.1. The smallest absolute Gasteiger partial charge is 0.369 e. The summed E-state index contributed by atoms with van der Waals surface area (Å²) in [6.07, 6.45) is 2.94. The summed E-state index contributed by atoms with van der Waals surface area (Å²) in [5, 5.41) is 0. The number of alkyl halides is 3. The van der Waals surface area contributed by atoms with E-state index in [0.29, 0.717) is 37.2 Å². The highest BCUT2D eigenvalue weighted by molar-refractivity contribution is 6.06. The maximum absolute atomic E-state index is 13.0. The molecule has 182 valence electrons. The van der Waals surface area contributed by atoms with Gasteiger partial charge in [0, 0.05) is 38.4 Å². The molecule has 0 spiro atoms. The molecule has 1 aromatic carbocycles. The average molecular weight is 474 g/mol. The van der Waals surface area contributed by atoms with Crippen LogP contribution in [0.2, 0.25) is 0 Å². The number of rotatable bonds is 6. The lowest BCUT2D eigenvalue weighted by atomic mass is 9.63. The zero-order chi connectivity index (χ0) is 23.6. The van der Waals surface area contributed by atoms with E-state index >= 15 is 0 Å². The van der Waals surface area contributed by atoms with E-state index in [1.807, 2.05) is 4.90 Å². The number of hydrogen-bond donors (Lipinski definition) is 0. The van der Waals surface area contributed by atoms with Gasteiger partial charge in [0.1, 0.15) is 0 Å². The van der Waals surface area contributed by atoms with E-state index in [4.69, 9.17) is 0 Å². The van der Waals surface area contributed by atoms with Crippen LogP contribution in [0.25, 0.3) is 0 Å². The Morgan fingerprint density at radius 3 is 2.09 bits per heavy atom. The Morgan fingerprint density at radius 2 is 1.47 bits per heavy atom. The molecular weight excluding hydrogens is 443 g/mol. The van der Waals surface area contributed by atoms with Gasteiger partial charge in [0.05, 0.1) is 17.4 Å². The van der Waals surface area contributed by atoms with Crippen LogP contribution < -0.4 is 4.90 Å². The maximum Gasteiger partial charge on any atom is 0.416 e. The fourth-order valence-electron chi connectivity index (χ4n) is 6.95. The molecular formula is C26H30F3N3O2. The molecule has 2 saturated carbocycles. The molecule has 7 rings (SSSR count). The van der Waals surface area contributed by atoms with E-state index in [-0.39, 0.29) is 35.5 Å². The standard InChI is InChI=1S/C26H30F3N3O2/c27-26(28,29)16-4-3-5-17(14-16)31-12-10-30(11-13-31)8-1-2-9-32-24(33)22-18-6-7-19(21-15-20(18)21)23(22)25(32)34/h3-7,14,18-23H,1-2,8-13,15H2. The van der Waals surface area contributed by atoms with Gasteiger partial charge < -0.3 is 4.90 Å². The fourth-order valence-corrected chi connectivity index (χ4v) is 6.95. The number of nitrogens with zero attached hydrogens (tertiary/aromatic N) is 3. The molecule has 2 bridgehead atoms. The molecule has 8 heteroatoms. The molecule has 4 aliphatic carbocycles. The van der Waals surface area contributed by atoms with Crippen molar-refractivity contribution in [1.29, 1.82) is 0 Å². The predicted octanol–water partition coefficient (Wildman–Crippen LogP) is 3.66. The lowest BCUT2D eigenvalue weighted by molar-refractivity contribution is -0.140. The van der Waals surface area contributed by atoms with Crippen molar-refractivity contribution in [3.8, 4) is 0 Å². The molecule has 1 aromatic rings. The lowest BCUT2D eigenvalue weighted by Gasteiger charge is -2.37. The van der Waals surface area contributed by atoms with Crippen molar-refractivity contribution >= 4 is 17.5 Å². The van der Waals surface area contributed by atoms with Crippen LogP contribution in [0, 0.1) is 35.5 Å². The number of carbonyl (C=O) groups excluding carboxylic acids is 2. The number of likely N-dealkylation sites (tertiary alicyclic amines) is 1. The zero-order valence-corrected chi connectivity index (χ0v) is 19.1. The first-order chi connectivity index (χ1) is 16.3. The second-order valence-corrected chi connectivity index (χ2v) is 10.6. The summed E-state index contributed by atoms with van der Waals surface area (Å²) < 4.78 is 39.0. The summed E-state index contributed by atoms with van der Waals surface area (Å²) >= 11 is 0. The number of anilines is 1. The number of allylic oxidation sites excluding steroid dienone is 2. The molecule has 2 aliphatic heterocycles. The number of hydrogen-bond acceptors (Lipinski definition) is 4. The van der Waals surface area contributed by atoms with Crippen LogP contribution in [-0.4, -0.2) is 60.9 Å². The van der Waals surface area contributed by atoms with Crippen LogP contribution in [0.4, 0.5) is 18.9 Å². The Balaban J connectivity index is 0.963. The molecule has 34 heavy (non-hydrogen) atoms. The Kier molecular flexibility index (Phi) is 5.28. The van der Waals surface area contributed by atoms with Gasteiger partial charge in [0.2, 0.25) is 11.8 Å². The molecule has 0 N–H and O–H groups in total. The summed E-state index contributed by atoms with van der Waals surface area (Å²) in [4.78, 5) is 31.9. The third-order valence-corrected chi connectivity index (χ3v) is 8.77. The molecule has 2 saturated heterocycles. The van der Waals surface area contributed by atoms with Crippen LogP contribution in [0.5, 0.6) is 0 Å². The largest absolute Gasteiger partial charge is 0.416 e. The number of unbranched alkanes of at least 4 members (excludes halogenated alkanes) is 1. The van der Waals surface area contributed by atoms with E-state index in [2.05, 4.69) is 17.1 Å². The first-order valence-electron chi connectivity index (χ1n) is 12.5. The highest BCUT2D eigenvalue weighted by atomic mass is 19.4. The van der Waals surface area contributed by atoms with E-state index in [0.717, 1.165) is 38.5 Å². The third-order valence-electron chi connectivity index (χ3n) is 8.77. The Labute approximate surface area is 197 Å². The van der Waals surface area contributed by atoms with Gasteiger partial charge in [-0.05, 0) is 67.7 Å². The van der Waals surface area contributed by atoms with Crippen molar-refractivity contribution in [1.82, 2.24) is 9.80 Å². The molecule has 6 unspecified atom stereocenters. The topological polar surface area (TPSA) is 43.9 Å². The monoisotopic (exact) mass is 473 g/mol. The number of halogens is 3. The van der Waals surface area contributed by atoms with Crippen LogP contribution >= 0.6 is 0 Å². The van der Waals surface area contributed by atoms with Crippen molar-refractivity contribution in [2.45, 2.75) is 25.4 Å². The van der Waals surface area contributed by atoms with Crippen LogP contribution in [0.15, 0.2) is 36.4 Å². The summed E-state index contributed by atoms with van der Waals surface area (Å²) in [7, 11) is 0. The number of amides is 2. The van der Waals surface area contributed by atoms with Crippen LogP contribution in [0.3, 0.4) is 0 Å². The Hall–Kier alpha value is -2.35. The second kappa shape index (κ2) is 8.11. The number of carbonyl (C=O) groups is 2. The first kappa shape index (κ1) is 22.1. The van der Waals surface area contributed by atoms with Gasteiger partial charge in [-0.25, -0.2) is 0 Å². The minimum Gasteiger partial charge on any atom is -0.369 e. The van der Waals surface area contributed by atoms with Crippen LogP contribution in [-0.2, 0) is 15.8 Å². The lowest BCUT2D eigenvalue weighted by Crippen LogP contribution is -2.46. The highest BCUT2D eigenvalue weighted by Gasteiger charge is 2.66. The minimum atomic E-state index is -4.33. The molecule has 6 atom stereocenters. The van der Waals surface area contributed by atoms with Crippen molar-refractivity contribution in [2.75, 3.05) is 44.2 Å². The predicted molar refractivity (Wildman–Crippen MR) is 121 cm³/mol. The molecule has 6 aliphatic rings. The number of piperazine rings is 1. The van der Waals surface area contributed by atoms with Crippen molar-refractivity contribution in [3.05, 3.63) is 42.0 Å². The average Bonchev–Trinajstić information content (AvgIpc) is 3.62. The van der Waals surface area contributed by atoms with Gasteiger partial charge >= 0.3 is 6.18 Å². The second-order valence-electron chi connectivity index (χ2n) is 10.6. The van der Waals surface area contributed by atoms with Gasteiger partial charge in [-0.3, -0.25) is 19.4 Å². The van der Waals surface area contributed by atoms with Gasteiger partial charge in [0.25, 0.3) is 0 Å². The van der Waals surface area contributed by atoms with Gasteiger partial charge in [-0.2, -0.15) is 13.2 Å². The number of imide groups is 1. The third kappa shape index (κ3) is 3.65. The first-order valence-corrected chi connectivity index (χ1v) is 12.5. The Bertz CT molecular complexity index is 981. The minimum absolute atomic E-state index is 0.0504. The maximum atomic E-state index is 13.0. The fraction of sp³-hybridized carbons (Fsp3) is 0.615. The van der Waals surface area contributed by atoms with Crippen molar-refractivity contribution in [2.24, 2.45) is 35.5 Å². The molecule has 0 radical (unpaired) electrons. The SMILES string of the molecule is O=C1C2C3C=CC(C4CC34)C2C(=O)N1CCCCN1CCN(c2cccc(C(F)(F)F)c2)CC1. The van der Waals surface area contributed by atoms with Crippen molar-refractivity contribution < 1.29 is 22.8 Å². The van der Waals surface area contributed by atoms with Gasteiger partial charge in [-0.15, -0.1) is 0 Å². The molecule has 0 aromatic heterocycles. The molecule has 2 amide bonds. The quantitative estimate of drug-likeness (QED) is 0.359. The Morgan fingerprint density at radius 1 is 0.853 bits per heavy atom. The normalized spacial score (nSPS) is 34.6. The van der Waals surface area contributed by atoms with Gasteiger partial charge in [0.15, 0.2) is 0 Å². The molecule has 5 nitrogen and oxygen atoms in total. The van der Waals surface area contributed by atoms with E-state index in [1.54, 1.807) is 11.0 Å². The van der Waals surface area contributed by atoms with E-state index < -0.39 is 11.7 Å². The summed E-state index contributed by atoms with van der Waals surface area (Å²) in [5.74, 6) is 1.67. The van der Waals surface area contributed by atoms with E-state index in [1.165, 1.54) is 18.6 Å². The van der Waals surface area contributed by atoms with E-state index in [9.17, 15) is 22.8 Å². The summed E-state index contributed by atoms with van der Waals surface area (Å²) in [6.45, 7) is 4.33. The molecule has 2 heterocycles. The van der Waals surface area contributed by atoms with Gasteiger partial charge in [-0.1, -0.05) is 18.2 Å². The number of benzene rings is 1. The van der Waals surface area contributed by atoms with Crippen molar-refractivity contribution in [3.63, 3.8) is 0 Å². The van der Waals surface area contributed by atoms with Crippen LogP contribution in [0.1, 0.15) is 24.8 Å².